The van der Waals surface area contributed by atoms with Crippen molar-refractivity contribution in [3.05, 3.63) is 29.3 Å². The zero-order valence-electron chi connectivity index (χ0n) is 11.6. The molecule has 102 valence electrons. The van der Waals surface area contributed by atoms with Crippen LogP contribution in [-0.4, -0.2) is 38.8 Å². The van der Waals surface area contributed by atoms with Crippen LogP contribution in [0.5, 0.6) is 5.75 Å². The number of likely N-dealkylation sites (tertiary alicyclic amines) is 1. The van der Waals surface area contributed by atoms with E-state index in [1.165, 1.54) is 6.42 Å². The van der Waals surface area contributed by atoms with Crippen molar-refractivity contribution in [3.63, 3.8) is 0 Å². The van der Waals surface area contributed by atoms with E-state index in [-0.39, 0.29) is 0 Å². The largest absolute Gasteiger partial charge is 0.495 e. The van der Waals surface area contributed by atoms with Gasteiger partial charge in [0.25, 0.3) is 0 Å². The Morgan fingerprint density at radius 1 is 1.42 bits per heavy atom. The minimum Gasteiger partial charge on any atom is -0.495 e. The topological polar surface area (TPSA) is 45.5 Å². The lowest BCUT2D eigenvalue weighted by atomic mass is 10.1. The van der Waals surface area contributed by atoms with Gasteiger partial charge in [-0.15, -0.1) is 0 Å². The summed E-state index contributed by atoms with van der Waals surface area (Å²) in [4.78, 5) is 2.41. The Hall–Kier alpha value is -1.57. The first-order valence-electron chi connectivity index (χ1n) is 6.55. The predicted octanol–water partition coefficient (Wildman–Crippen LogP) is 2.04. The van der Waals surface area contributed by atoms with Gasteiger partial charge >= 0.3 is 0 Å². The number of ether oxygens (including phenoxy) is 2. The number of benzene rings is 1. The normalized spacial score (nSPS) is 19.3. The molecule has 1 aliphatic heterocycles. The molecule has 0 spiro atoms. The van der Waals surface area contributed by atoms with Crippen LogP contribution in [-0.2, 0) is 11.3 Å². The summed E-state index contributed by atoms with van der Waals surface area (Å²) < 4.78 is 10.4. The minimum atomic E-state index is 0.604. The second-order valence-corrected chi connectivity index (χ2v) is 4.99. The van der Waals surface area contributed by atoms with Crippen molar-refractivity contribution < 1.29 is 9.47 Å². The fourth-order valence-electron chi connectivity index (χ4n) is 2.63. The van der Waals surface area contributed by atoms with Gasteiger partial charge in [0.1, 0.15) is 11.8 Å². The molecule has 2 rings (SSSR count). The highest BCUT2D eigenvalue weighted by Crippen LogP contribution is 2.22. The van der Waals surface area contributed by atoms with E-state index in [4.69, 9.17) is 14.7 Å². The Balaban J connectivity index is 1.99. The fraction of sp³-hybridized carbons (Fsp3) is 0.533. The third-order valence-corrected chi connectivity index (χ3v) is 3.56. The summed E-state index contributed by atoms with van der Waals surface area (Å²) in [5.41, 5.74) is 1.77. The third-order valence-electron chi connectivity index (χ3n) is 3.56. The molecule has 1 aromatic carbocycles. The highest BCUT2D eigenvalue weighted by atomic mass is 16.5. The van der Waals surface area contributed by atoms with Gasteiger partial charge in [-0.25, -0.2) is 0 Å². The number of hydrogen-bond donors (Lipinski definition) is 0. The Bertz CT molecular complexity index is 468. The SMILES string of the molecule is COCC1CCN(Cc2ccc(OC)c(C#N)c2)C1. The maximum absolute atomic E-state index is 9.09. The summed E-state index contributed by atoms with van der Waals surface area (Å²) in [5.74, 6) is 1.28. The molecular weight excluding hydrogens is 240 g/mol. The quantitative estimate of drug-likeness (QED) is 0.812. The van der Waals surface area contributed by atoms with Crippen LogP contribution >= 0.6 is 0 Å². The van der Waals surface area contributed by atoms with Gasteiger partial charge in [-0.2, -0.15) is 5.26 Å². The molecule has 1 heterocycles. The first kappa shape index (κ1) is 13.9. The van der Waals surface area contributed by atoms with Crippen LogP contribution in [0.3, 0.4) is 0 Å². The summed E-state index contributed by atoms with van der Waals surface area (Å²) in [6, 6.07) is 8.00. The van der Waals surface area contributed by atoms with Crippen LogP contribution in [0.25, 0.3) is 0 Å². The Kier molecular flexibility index (Phi) is 4.78. The molecule has 1 unspecified atom stereocenters. The number of nitriles is 1. The second kappa shape index (κ2) is 6.55. The minimum absolute atomic E-state index is 0.604. The molecule has 1 saturated heterocycles. The number of rotatable bonds is 5. The second-order valence-electron chi connectivity index (χ2n) is 4.99. The van der Waals surface area contributed by atoms with Crippen molar-refractivity contribution in [2.24, 2.45) is 5.92 Å². The van der Waals surface area contributed by atoms with E-state index in [1.807, 2.05) is 18.2 Å². The highest BCUT2D eigenvalue weighted by molar-refractivity contribution is 5.45. The van der Waals surface area contributed by atoms with Gasteiger partial charge in [-0.05, 0) is 36.6 Å². The average Bonchev–Trinajstić information content (AvgIpc) is 2.86. The van der Waals surface area contributed by atoms with Crippen LogP contribution < -0.4 is 4.74 Å². The first-order chi connectivity index (χ1) is 9.26. The summed E-state index contributed by atoms with van der Waals surface area (Å²) in [6.45, 7) is 3.89. The Morgan fingerprint density at radius 3 is 2.95 bits per heavy atom. The number of methoxy groups -OCH3 is 2. The number of nitrogens with zero attached hydrogens (tertiary/aromatic N) is 2. The van der Waals surface area contributed by atoms with Crippen LogP contribution in [0.4, 0.5) is 0 Å². The first-order valence-corrected chi connectivity index (χ1v) is 6.55. The van der Waals surface area contributed by atoms with Gasteiger partial charge in [0.15, 0.2) is 0 Å². The lowest BCUT2D eigenvalue weighted by molar-refractivity contribution is 0.152. The van der Waals surface area contributed by atoms with Crippen molar-refractivity contribution in [2.45, 2.75) is 13.0 Å². The molecule has 1 fully saturated rings. The summed E-state index contributed by atoms with van der Waals surface area (Å²) in [7, 11) is 3.34. The molecule has 4 heteroatoms. The van der Waals surface area contributed by atoms with E-state index in [9.17, 15) is 0 Å². The van der Waals surface area contributed by atoms with Crippen molar-refractivity contribution >= 4 is 0 Å². The van der Waals surface area contributed by atoms with E-state index in [1.54, 1.807) is 14.2 Å². The van der Waals surface area contributed by atoms with E-state index >= 15 is 0 Å². The van der Waals surface area contributed by atoms with Crippen molar-refractivity contribution in [1.82, 2.24) is 4.90 Å². The van der Waals surface area contributed by atoms with Gasteiger partial charge in [-0.1, -0.05) is 6.07 Å². The zero-order valence-corrected chi connectivity index (χ0v) is 11.6. The molecule has 4 nitrogen and oxygen atoms in total. The van der Waals surface area contributed by atoms with Crippen LogP contribution in [0.15, 0.2) is 18.2 Å². The summed E-state index contributed by atoms with van der Waals surface area (Å²) in [6.07, 6.45) is 1.19. The molecule has 0 radical (unpaired) electrons. The molecule has 0 aliphatic carbocycles. The zero-order chi connectivity index (χ0) is 13.7. The van der Waals surface area contributed by atoms with Crippen LogP contribution in [0.1, 0.15) is 17.5 Å². The van der Waals surface area contributed by atoms with Crippen molar-refractivity contribution in [2.75, 3.05) is 33.9 Å². The van der Waals surface area contributed by atoms with E-state index < -0.39 is 0 Å². The summed E-state index contributed by atoms with van der Waals surface area (Å²) >= 11 is 0. The monoisotopic (exact) mass is 260 g/mol. The molecule has 1 aromatic rings. The van der Waals surface area contributed by atoms with Crippen LogP contribution in [0.2, 0.25) is 0 Å². The molecular formula is C15H20N2O2. The molecule has 0 saturated carbocycles. The average molecular weight is 260 g/mol. The Labute approximate surface area is 114 Å². The molecule has 19 heavy (non-hydrogen) atoms. The highest BCUT2D eigenvalue weighted by Gasteiger charge is 2.22. The van der Waals surface area contributed by atoms with Gasteiger partial charge in [0.05, 0.1) is 19.3 Å². The number of hydrogen-bond acceptors (Lipinski definition) is 4. The predicted molar refractivity (Wildman–Crippen MR) is 73.0 cm³/mol. The van der Waals surface area contributed by atoms with E-state index in [2.05, 4.69) is 11.0 Å². The van der Waals surface area contributed by atoms with Gasteiger partial charge in [-0.3, -0.25) is 4.90 Å². The van der Waals surface area contributed by atoms with E-state index in [0.717, 1.165) is 31.8 Å². The van der Waals surface area contributed by atoms with Gasteiger partial charge in [0, 0.05) is 20.2 Å². The third kappa shape index (κ3) is 3.46. The fourth-order valence-corrected chi connectivity index (χ4v) is 2.63. The maximum atomic E-state index is 9.09. The molecule has 0 aromatic heterocycles. The Morgan fingerprint density at radius 2 is 2.26 bits per heavy atom. The lowest BCUT2D eigenvalue weighted by Gasteiger charge is -2.16. The molecule has 0 N–H and O–H groups in total. The maximum Gasteiger partial charge on any atom is 0.136 e. The molecule has 1 atom stereocenters. The van der Waals surface area contributed by atoms with Crippen molar-refractivity contribution in [1.29, 1.82) is 5.26 Å². The lowest BCUT2D eigenvalue weighted by Crippen LogP contribution is -2.21. The standard InChI is InChI=1S/C15H20N2O2/c1-18-11-13-5-6-17(10-13)9-12-3-4-15(19-2)14(7-12)8-16/h3-4,7,13H,5-6,9-11H2,1-2H3. The molecule has 0 bridgehead atoms. The van der Waals surface area contributed by atoms with Gasteiger partial charge < -0.3 is 9.47 Å². The van der Waals surface area contributed by atoms with Gasteiger partial charge in [0.2, 0.25) is 0 Å². The van der Waals surface area contributed by atoms with Crippen LogP contribution in [0, 0.1) is 17.2 Å². The summed E-state index contributed by atoms with van der Waals surface area (Å²) in [5, 5.41) is 9.09. The smallest absolute Gasteiger partial charge is 0.136 e. The van der Waals surface area contributed by atoms with E-state index in [0.29, 0.717) is 17.2 Å². The molecule has 1 aliphatic rings. The van der Waals surface area contributed by atoms with Crippen molar-refractivity contribution in [3.8, 4) is 11.8 Å². The molecule has 0 amide bonds.